The van der Waals surface area contributed by atoms with Crippen LogP contribution < -0.4 is 0 Å². The molecule has 1 aliphatic heterocycles. The molecule has 1 N–H and O–H groups in total. The third-order valence-corrected chi connectivity index (χ3v) is 3.69. The summed E-state index contributed by atoms with van der Waals surface area (Å²) in [7, 11) is 0. The molecule has 4 heteroatoms. The van der Waals surface area contributed by atoms with Crippen molar-refractivity contribution in [1.29, 1.82) is 5.26 Å². The highest BCUT2D eigenvalue weighted by Gasteiger charge is 2.40. The van der Waals surface area contributed by atoms with Gasteiger partial charge in [-0.25, -0.2) is 0 Å². The van der Waals surface area contributed by atoms with Gasteiger partial charge in [-0.1, -0.05) is 0 Å². The van der Waals surface area contributed by atoms with E-state index in [9.17, 15) is 10.4 Å². The van der Waals surface area contributed by atoms with Crippen molar-refractivity contribution in [1.82, 2.24) is 0 Å². The van der Waals surface area contributed by atoms with Crippen LogP contribution in [0.4, 0.5) is 0 Å². The van der Waals surface area contributed by atoms with E-state index in [2.05, 4.69) is 6.07 Å². The molecule has 0 saturated carbocycles. The Morgan fingerprint density at radius 3 is 2.80 bits per heavy atom. The van der Waals surface area contributed by atoms with Crippen molar-refractivity contribution < 1.29 is 9.84 Å². The molecule has 0 radical (unpaired) electrons. The van der Waals surface area contributed by atoms with E-state index in [1.54, 1.807) is 11.3 Å². The molecule has 0 bridgehead atoms. The Bertz CT molecular complexity index is 349. The monoisotopic (exact) mass is 223 g/mol. The van der Waals surface area contributed by atoms with Crippen LogP contribution in [0.3, 0.4) is 0 Å². The summed E-state index contributed by atoms with van der Waals surface area (Å²) in [6, 6.07) is 4.16. The second-order valence-electron chi connectivity index (χ2n) is 3.84. The summed E-state index contributed by atoms with van der Waals surface area (Å²) in [5.41, 5.74) is 0.197. The molecule has 1 unspecified atom stereocenters. The fourth-order valence-electron chi connectivity index (χ4n) is 1.93. The Morgan fingerprint density at radius 1 is 1.53 bits per heavy atom. The van der Waals surface area contributed by atoms with Crippen molar-refractivity contribution in [3.05, 3.63) is 22.4 Å². The summed E-state index contributed by atoms with van der Waals surface area (Å²) in [5.74, 6) is 0. The number of aliphatic hydroxyl groups is 1. The average molecular weight is 223 g/mol. The summed E-state index contributed by atoms with van der Waals surface area (Å²) in [4.78, 5) is 0. The molecule has 1 fully saturated rings. The van der Waals surface area contributed by atoms with Gasteiger partial charge in [0.25, 0.3) is 0 Å². The summed E-state index contributed by atoms with van der Waals surface area (Å²) in [6.45, 7) is 1.13. The quantitative estimate of drug-likeness (QED) is 0.835. The Kier molecular flexibility index (Phi) is 3.06. The number of hydrogen-bond donors (Lipinski definition) is 1. The van der Waals surface area contributed by atoms with E-state index in [1.165, 1.54) is 0 Å². The maximum atomic E-state index is 10.2. The highest BCUT2D eigenvalue weighted by molar-refractivity contribution is 7.07. The van der Waals surface area contributed by atoms with Crippen LogP contribution in [0, 0.1) is 16.7 Å². The van der Waals surface area contributed by atoms with Crippen LogP contribution in [-0.4, -0.2) is 18.3 Å². The number of aliphatic hydroxyl groups excluding tert-OH is 1. The molecule has 1 atom stereocenters. The van der Waals surface area contributed by atoms with Gasteiger partial charge < -0.3 is 9.84 Å². The number of nitriles is 1. The lowest BCUT2D eigenvalue weighted by Crippen LogP contribution is -2.34. The van der Waals surface area contributed by atoms with Crippen LogP contribution in [0.2, 0.25) is 0 Å². The Balaban J connectivity index is 2.23. The third-order valence-electron chi connectivity index (χ3n) is 2.99. The van der Waals surface area contributed by atoms with Crippen molar-refractivity contribution in [3.63, 3.8) is 0 Å². The van der Waals surface area contributed by atoms with Gasteiger partial charge in [-0.05, 0) is 35.2 Å². The summed E-state index contributed by atoms with van der Waals surface area (Å²) >= 11 is 1.54. The van der Waals surface area contributed by atoms with E-state index in [0.717, 1.165) is 5.56 Å². The van der Waals surface area contributed by atoms with Crippen LogP contribution >= 0.6 is 11.3 Å². The average Bonchev–Trinajstić information content (AvgIpc) is 2.82. The SMILES string of the molecule is N#CC1(C(O)c2ccsc2)CCOCC1. The van der Waals surface area contributed by atoms with E-state index in [4.69, 9.17) is 4.74 Å². The smallest absolute Gasteiger partial charge is 0.0986 e. The molecule has 0 spiro atoms. The maximum absolute atomic E-state index is 10.2. The summed E-state index contributed by atoms with van der Waals surface area (Å²) in [6.07, 6.45) is 0.541. The molecule has 1 aromatic rings. The molecule has 2 heterocycles. The van der Waals surface area contributed by atoms with E-state index >= 15 is 0 Å². The van der Waals surface area contributed by atoms with Gasteiger partial charge in [-0.15, -0.1) is 0 Å². The highest BCUT2D eigenvalue weighted by atomic mass is 32.1. The second-order valence-corrected chi connectivity index (χ2v) is 4.62. The van der Waals surface area contributed by atoms with Gasteiger partial charge in [-0.2, -0.15) is 16.6 Å². The molecule has 80 valence electrons. The Hall–Kier alpha value is -0.890. The van der Waals surface area contributed by atoms with Crippen LogP contribution in [-0.2, 0) is 4.74 Å². The van der Waals surface area contributed by atoms with Gasteiger partial charge in [0.05, 0.1) is 17.6 Å². The van der Waals surface area contributed by atoms with Crippen LogP contribution in [0.5, 0.6) is 0 Å². The zero-order valence-electron chi connectivity index (χ0n) is 8.35. The zero-order chi connectivity index (χ0) is 10.7. The minimum absolute atomic E-state index is 0.564. The van der Waals surface area contributed by atoms with Crippen molar-refractivity contribution in [2.45, 2.75) is 18.9 Å². The van der Waals surface area contributed by atoms with E-state index in [-0.39, 0.29) is 0 Å². The Labute approximate surface area is 92.9 Å². The number of rotatable bonds is 2. The molecule has 1 aromatic heterocycles. The first-order valence-electron chi connectivity index (χ1n) is 4.98. The largest absolute Gasteiger partial charge is 0.387 e. The molecule has 0 amide bonds. The highest BCUT2D eigenvalue weighted by Crippen LogP contribution is 2.42. The number of thiophene rings is 1. The predicted octanol–water partition coefficient (Wildman–Crippen LogP) is 2.10. The normalized spacial score (nSPS) is 21.9. The molecule has 3 nitrogen and oxygen atoms in total. The predicted molar refractivity (Wildman–Crippen MR) is 57.4 cm³/mol. The minimum Gasteiger partial charge on any atom is -0.387 e. The fraction of sp³-hybridized carbons (Fsp3) is 0.545. The molecule has 15 heavy (non-hydrogen) atoms. The van der Waals surface area contributed by atoms with Crippen LogP contribution in [0.15, 0.2) is 16.8 Å². The zero-order valence-corrected chi connectivity index (χ0v) is 9.17. The molecule has 2 rings (SSSR count). The van der Waals surface area contributed by atoms with Crippen LogP contribution in [0.1, 0.15) is 24.5 Å². The van der Waals surface area contributed by atoms with Crippen molar-refractivity contribution in [3.8, 4) is 6.07 Å². The standard InChI is InChI=1S/C11H13NO2S/c12-8-11(2-4-14-5-3-11)10(13)9-1-6-15-7-9/h1,6-7,10,13H,2-5H2. The molecule has 0 aliphatic carbocycles. The van der Waals surface area contributed by atoms with Gasteiger partial charge in [0.1, 0.15) is 0 Å². The number of nitrogens with zero attached hydrogens (tertiary/aromatic N) is 1. The lowest BCUT2D eigenvalue weighted by atomic mass is 9.75. The summed E-state index contributed by atoms with van der Waals surface area (Å²) in [5, 5.41) is 23.3. The van der Waals surface area contributed by atoms with E-state index < -0.39 is 11.5 Å². The minimum atomic E-state index is -0.683. The third kappa shape index (κ3) is 1.91. The molecular weight excluding hydrogens is 210 g/mol. The lowest BCUT2D eigenvalue weighted by molar-refractivity contribution is -0.0308. The number of hydrogen-bond acceptors (Lipinski definition) is 4. The fourth-order valence-corrected chi connectivity index (χ4v) is 2.61. The first-order valence-corrected chi connectivity index (χ1v) is 5.92. The van der Waals surface area contributed by atoms with Crippen molar-refractivity contribution in [2.75, 3.05) is 13.2 Å². The van der Waals surface area contributed by atoms with Crippen molar-refractivity contribution >= 4 is 11.3 Å². The van der Waals surface area contributed by atoms with Crippen molar-refractivity contribution in [2.24, 2.45) is 5.41 Å². The van der Waals surface area contributed by atoms with E-state index in [0.29, 0.717) is 26.1 Å². The summed E-state index contributed by atoms with van der Waals surface area (Å²) < 4.78 is 5.23. The van der Waals surface area contributed by atoms with Gasteiger partial charge in [0.15, 0.2) is 0 Å². The van der Waals surface area contributed by atoms with E-state index in [1.807, 2.05) is 16.8 Å². The molecular formula is C11H13NO2S. The van der Waals surface area contributed by atoms with Gasteiger partial charge in [0.2, 0.25) is 0 Å². The van der Waals surface area contributed by atoms with Gasteiger partial charge >= 0.3 is 0 Å². The lowest BCUT2D eigenvalue weighted by Gasteiger charge is -2.34. The first-order chi connectivity index (χ1) is 7.28. The maximum Gasteiger partial charge on any atom is 0.0986 e. The van der Waals surface area contributed by atoms with Gasteiger partial charge in [0, 0.05) is 13.2 Å². The topological polar surface area (TPSA) is 53.2 Å². The molecule has 1 saturated heterocycles. The van der Waals surface area contributed by atoms with Crippen LogP contribution in [0.25, 0.3) is 0 Å². The molecule has 1 aliphatic rings. The first kappa shape index (κ1) is 10.6. The van der Waals surface area contributed by atoms with Gasteiger partial charge in [-0.3, -0.25) is 0 Å². The number of ether oxygens (including phenoxy) is 1. The Morgan fingerprint density at radius 2 is 2.27 bits per heavy atom. The molecule has 0 aromatic carbocycles. The second kappa shape index (κ2) is 4.31.